The van der Waals surface area contributed by atoms with E-state index in [1.54, 1.807) is 0 Å². The largest absolute Gasteiger partial charge is 0.355 e. The second kappa shape index (κ2) is 5.67. The van der Waals surface area contributed by atoms with Gasteiger partial charge in [-0.15, -0.1) is 11.6 Å². The number of rotatable bonds is 4. The van der Waals surface area contributed by atoms with E-state index >= 15 is 0 Å². The highest BCUT2D eigenvalue weighted by atomic mass is 35.5. The van der Waals surface area contributed by atoms with Gasteiger partial charge in [0.1, 0.15) is 0 Å². The lowest BCUT2D eigenvalue weighted by atomic mass is 9.49. The molecular formula is C19H23Cl2NO. The maximum Gasteiger partial charge on any atom is 0.226 e. The van der Waals surface area contributed by atoms with Crippen molar-refractivity contribution in [1.82, 2.24) is 5.32 Å². The molecule has 0 heterocycles. The zero-order chi connectivity index (χ0) is 16.1. The third-order valence-electron chi connectivity index (χ3n) is 6.08. The van der Waals surface area contributed by atoms with E-state index in [0.717, 1.165) is 43.5 Å². The quantitative estimate of drug-likeness (QED) is 0.790. The Bertz CT molecular complexity index is 598. The zero-order valence-electron chi connectivity index (χ0n) is 13.3. The van der Waals surface area contributed by atoms with Crippen LogP contribution in [0.25, 0.3) is 0 Å². The van der Waals surface area contributed by atoms with Gasteiger partial charge in [0, 0.05) is 16.4 Å². The highest BCUT2D eigenvalue weighted by molar-refractivity contribution is 6.30. The lowest BCUT2D eigenvalue weighted by Gasteiger charge is -2.59. The van der Waals surface area contributed by atoms with Crippen LogP contribution < -0.4 is 5.32 Å². The molecule has 2 atom stereocenters. The summed E-state index contributed by atoms with van der Waals surface area (Å²) >= 11 is 12.7. The van der Waals surface area contributed by atoms with Crippen molar-refractivity contribution in [3.63, 3.8) is 0 Å². The summed E-state index contributed by atoms with van der Waals surface area (Å²) in [5.74, 6) is 1.57. The molecule has 0 spiro atoms. The maximum absolute atomic E-state index is 12.9. The van der Waals surface area contributed by atoms with Crippen LogP contribution >= 0.6 is 23.2 Å². The molecule has 0 aliphatic heterocycles. The molecule has 2 nitrogen and oxygen atoms in total. The molecule has 1 aromatic rings. The fraction of sp³-hybridized carbons (Fsp3) is 0.632. The number of hydrogen-bond acceptors (Lipinski definition) is 1. The minimum absolute atomic E-state index is 0.0996. The second-order valence-corrected chi connectivity index (χ2v) is 9.26. The van der Waals surface area contributed by atoms with Crippen LogP contribution in [0.5, 0.6) is 0 Å². The van der Waals surface area contributed by atoms with Gasteiger partial charge in [-0.2, -0.15) is 0 Å². The van der Waals surface area contributed by atoms with Crippen molar-refractivity contribution < 1.29 is 4.79 Å². The summed E-state index contributed by atoms with van der Waals surface area (Å²) in [5.41, 5.74) is 1.01. The molecule has 4 aliphatic carbocycles. The molecule has 0 radical (unpaired) electrons. The number of hydrogen-bond donors (Lipinski definition) is 1. The molecule has 4 fully saturated rings. The van der Waals surface area contributed by atoms with Crippen LogP contribution in [0, 0.1) is 17.3 Å². The number of amides is 1. The monoisotopic (exact) mass is 351 g/mol. The molecular weight excluding hydrogens is 329 g/mol. The van der Waals surface area contributed by atoms with E-state index in [-0.39, 0.29) is 16.2 Å². The van der Waals surface area contributed by atoms with Crippen LogP contribution in [0.4, 0.5) is 0 Å². The van der Waals surface area contributed by atoms with E-state index in [0.29, 0.717) is 18.4 Å². The molecule has 5 rings (SSSR count). The first-order valence-electron chi connectivity index (χ1n) is 8.68. The summed E-state index contributed by atoms with van der Waals surface area (Å²) in [4.78, 5) is 12.8. The average molecular weight is 352 g/mol. The van der Waals surface area contributed by atoms with Crippen molar-refractivity contribution in [1.29, 1.82) is 0 Å². The Labute approximate surface area is 147 Å². The minimum atomic E-state index is -0.189. The molecule has 1 amide bonds. The third kappa shape index (κ3) is 3.00. The Balaban J connectivity index is 1.38. The van der Waals surface area contributed by atoms with Gasteiger partial charge in [0.05, 0.1) is 5.41 Å². The van der Waals surface area contributed by atoms with Gasteiger partial charge in [-0.05, 0) is 74.5 Å². The standard InChI is InChI=1S/C19H23Cl2NO/c20-16-3-1-13(2-4-16)5-6-22-17(23)18-8-14-7-15(9-18)11-19(21,10-14)12-18/h1-4,14-15H,5-12H2,(H,22,23)/t14-,15-,18?,19?/m1/s1. The van der Waals surface area contributed by atoms with E-state index < -0.39 is 0 Å². The molecule has 4 saturated carbocycles. The molecule has 4 aliphatic rings. The van der Waals surface area contributed by atoms with Crippen LogP contribution in [0.3, 0.4) is 0 Å². The summed E-state index contributed by atoms with van der Waals surface area (Å²) in [6.07, 6.45) is 7.33. The van der Waals surface area contributed by atoms with Crippen molar-refractivity contribution in [2.75, 3.05) is 6.54 Å². The molecule has 23 heavy (non-hydrogen) atoms. The average Bonchev–Trinajstić information content (AvgIpc) is 2.46. The smallest absolute Gasteiger partial charge is 0.226 e. The Morgan fingerprint density at radius 3 is 2.39 bits per heavy atom. The van der Waals surface area contributed by atoms with Crippen LogP contribution in [-0.2, 0) is 11.2 Å². The van der Waals surface area contributed by atoms with E-state index in [4.69, 9.17) is 23.2 Å². The van der Waals surface area contributed by atoms with Crippen molar-refractivity contribution >= 4 is 29.1 Å². The normalized spacial score (nSPS) is 37.8. The fourth-order valence-corrected chi connectivity index (χ4v) is 6.39. The summed E-state index contributed by atoms with van der Waals surface area (Å²) < 4.78 is 0. The molecule has 4 heteroatoms. The van der Waals surface area contributed by atoms with Crippen LogP contribution in [0.2, 0.25) is 5.02 Å². The third-order valence-corrected chi connectivity index (χ3v) is 6.78. The Morgan fingerprint density at radius 1 is 1.13 bits per heavy atom. The molecule has 1 aromatic carbocycles. The maximum atomic E-state index is 12.9. The molecule has 4 bridgehead atoms. The molecule has 1 N–H and O–H groups in total. The van der Waals surface area contributed by atoms with Crippen LogP contribution in [0.1, 0.15) is 44.1 Å². The van der Waals surface area contributed by atoms with Crippen molar-refractivity contribution in [3.8, 4) is 0 Å². The van der Waals surface area contributed by atoms with Crippen LogP contribution in [-0.4, -0.2) is 17.3 Å². The molecule has 0 unspecified atom stereocenters. The second-order valence-electron chi connectivity index (χ2n) is 8.02. The predicted molar refractivity (Wildman–Crippen MR) is 93.9 cm³/mol. The number of benzene rings is 1. The fourth-order valence-electron chi connectivity index (χ4n) is 5.58. The van der Waals surface area contributed by atoms with Crippen molar-refractivity contribution in [2.24, 2.45) is 17.3 Å². The number of carbonyl (C=O) groups is 1. The van der Waals surface area contributed by atoms with Gasteiger partial charge in [0.2, 0.25) is 5.91 Å². The lowest BCUT2D eigenvalue weighted by Crippen LogP contribution is -2.58. The van der Waals surface area contributed by atoms with Gasteiger partial charge < -0.3 is 5.32 Å². The molecule has 0 aromatic heterocycles. The van der Waals surface area contributed by atoms with Gasteiger partial charge in [-0.1, -0.05) is 23.7 Å². The Kier molecular flexibility index (Phi) is 3.89. The first kappa shape index (κ1) is 15.8. The SMILES string of the molecule is O=C(NCCc1ccc(Cl)cc1)C12C[C@H]3C[C@@H](CC(Cl)(C3)C1)C2. The van der Waals surface area contributed by atoms with E-state index in [1.807, 2.05) is 24.3 Å². The van der Waals surface area contributed by atoms with Crippen molar-refractivity contribution in [2.45, 2.75) is 49.8 Å². The van der Waals surface area contributed by atoms with E-state index in [9.17, 15) is 4.79 Å². The summed E-state index contributed by atoms with van der Waals surface area (Å²) in [5, 5.41) is 3.94. The number of nitrogens with one attached hydrogen (secondary N) is 1. The lowest BCUT2D eigenvalue weighted by molar-refractivity contribution is -0.144. The molecule has 0 saturated heterocycles. The minimum Gasteiger partial charge on any atom is -0.355 e. The summed E-state index contributed by atoms with van der Waals surface area (Å²) in [7, 11) is 0. The first-order valence-corrected chi connectivity index (χ1v) is 9.44. The van der Waals surface area contributed by atoms with Gasteiger partial charge in [0.25, 0.3) is 0 Å². The van der Waals surface area contributed by atoms with Crippen LogP contribution in [0.15, 0.2) is 24.3 Å². The summed E-state index contributed by atoms with van der Waals surface area (Å²) in [6, 6.07) is 7.84. The molecule has 124 valence electrons. The van der Waals surface area contributed by atoms with Gasteiger partial charge in [-0.25, -0.2) is 0 Å². The Morgan fingerprint density at radius 2 is 1.78 bits per heavy atom. The highest BCUT2D eigenvalue weighted by Gasteiger charge is 2.59. The van der Waals surface area contributed by atoms with Gasteiger partial charge >= 0.3 is 0 Å². The summed E-state index contributed by atoms with van der Waals surface area (Å²) in [6.45, 7) is 0.687. The van der Waals surface area contributed by atoms with Gasteiger partial charge in [-0.3, -0.25) is 4.79 Å². The first-order chi connectivity index (χ1) is 11.0. The van der Waals surface area contributed by atoms with E-state index in [1.165, 1.54) is 12.0 Å². The predicted octanol–water partition coefficient (Wildman–Crippen LogP) is 4.58. The van der Waals surface area contributed by atoms with E-state index in [2.05, 4.69) is 5.32 Å². The van der Waals surface area contributed by atoms with Gasteiger partial charge in [0.15, 0.2) is 0 Å². The number of halogens is 2. The van der Waals surface area contributed by atoms with Crippen molar-refractivity contribution in [3.05, 3.63) is 34.9 Å². The topological polar surface area (TPSA) is 29.1 Å². The Hall–Kier alpha value is -0.730. The highest BCUT2D eigenvalue weighted by Crippen LogP contribution is 2.63. The number of alkyl halides is 1. The zero-order valence-corrected chi connectivity index (χ0v) is 14.8. The number of carbonyl (C=O) groups excluding carboxylic acids is 1.